The van der Waals surface area contributed by atoms with Crippen molar-refractivity contribution >= 4 is 33.5 Å². The molecular weight excluding hydrogens is 372 g/mol. The number of ether oxygens (including phenoxy) is 1. The summed E-state index contributed by atoms with van der Waals surface area (Å²) in [6.45, 7) is 3.99. The summed E-state index contributed by atoms with van der Waals surface area (Å²) in [6, 6.07) is 28.6. The zero-order valence-corrected chi connectivity index (χ0v) is 17.5. The smallest absolute Gasteiger partial charge is 0.143 e. The Morgan fingerprint density at radius 3 is 1.57 bits per heavy atom. The number of para-hydroxylation sites is 1. The van der Waals surface area contributed by atoms with E-state index in [0.29, 0.717) is 0 Å². The van der Waals surface area contributed by atoms with Crippen LogP contribution >= 0.6 is 0 Å². The van der Waals surface area contributed by atoms with Crippen LogP contribution in [-0.4, -0.2) is 6.10 Å². The van der Waals surface area contributed by atoms with Crippen LogP contribution in [0.5, 0.6) is 5.75 Å². The lowest BCUT2D eigenvalue weighted by Crippen LogP contribution is -2.07. The first-order valence-corrected chi connectivity index (χ1v) is 9.72. The van der Waals surface area contributed by atoms with Crippen molar-refractivity contribution in [2.45, 2.75) is 20.0 Å². The molecule has 8 N–H and O–H groups in total. The molecule has 4 aromatic carbocycles. The molecule has 0 aliphatic carbocycles. The van der Waals surface area contributed by atoms with Gasteiger partial charge < -0.3 is 27.7 Å². The molecule has 0 fully saturated rings. The number of anilines is 4. The lowest BCUT2D eigenvalue weighted by atomic mass is 10.1. The molecule has 156 valence electrons. The Balaban J connectivity index is 0.000000179. The van der Waals surface area contributed by atoms with Gasteiger partial charge >= 0.3 is 0 Å². The highest BCUT2D eigenvalue weighted by Crippen LogP contribution is 2.30. The van der Waals surface area contributed by atoms with E-state index in [2.05, 4.69) is 0 Å². The summed E-state index contributed by atoms with van der Waals surface area (Å²) in [6.07, 6.45) is 0.147. The fourth-order valence-corrected chi connectivity index (χ4v) is 2.58. The van der Waals surface area contributed by atoms with Crippen LogP contribution in [0, 0.1) is 0 Å². The minimum Gasteiger partial charge on any atom is -0.489 e. The number of nitrogen functional groups attached to an aromatic ring is 4. The molecule has 0 saturated carbocycles. The maximum Gasteiger partial charge on any atom is 0.143 e. The van der Waals surface area contributed by atoms with Crippen molar-refractivity contribution in [1.82, 2.24) is 0 Å². The first-order valence-electron chi connectivity index (χ1n) is 9.72. The van der Waals surface area contributed by atoms with E-state index in [0.717, 1.165) is 39.3 Å². The maximum absolute atomic E-state index is 6.04. The third-order valence-electron chi connectivity index (χ3n) is 4.03. The average Bonchev–Trinajstić information content (AvgIpc) is 2.74. The van der Waals surface area contributed by atoms with Crippen LogP contribution in [0.25, 0.3) is 10.8 Å². The lowest BCUT2D eigenvalue weighted by molar-refractivity contribution is 0.244. The summed E-state index contributed by atoms with van der Waals surface area (Å²) in [7, 11) is 0. The van der Waals surface area contributed by atoms with Gasteiger partial charge in [0, 0.05) is 22.4 Å². The largest absolute Gasteiger partial charge is 0.489 e. The maximum atomic E-state index is 6.04. The van der Waals surface area contributed by atoms with E-state index in [4.69, 9.17) is 27.7 Å². The Labute approximate surface area is 178 Å². The van der Waals surface area contributed by atoms with Gasteiger partial charge in [-0.3, -0.25) is 0 Å². The molecule has 0 radical (unpaired) electrons. The van der Waals surface area contributed by atoms with Crippen molar-refractivity contribution in [3.05, 3.63) is 91.0 Å². The van der Waals surface area contributed by atoms with Gasteiger partial charge in [0.05, 0.1) is 11.8 Å². The van der Waals surface area contributed by atoms with Crippen LogP contribution in [0.4, 0.5) is 22.7 Å². The molecule has 0 amide bonds. The lowest BCUT2D eigenvalue weighted by Gasteiger charge is -2.13. The van der Waals surface area contributed by atoms with Gasteiger partial charge in [-0.05, 0) is 61.7 Å². The van der Waals surface area contributed by atoms with Crippen LogP contribution in [0.3, 0.4) is 0 Å². The van der Waals surface area contributed by atoms with E-state index in [1.807, 2.05) is 80.6 Å². The van der Waals surface area contributed by atoms with Crippen LogP contribution in [0.2, 0.25) is 0 Å². The van der Waals surface area contributed by atoms with E-state index in [1.54, 1.807) is 24.3 Å². The Kier molecular flexibility index (Phi) is 8.39. The van der Waals surface area contributed by atoms with Gasteiger partial charge in [0.2, 0.25) is 0 Å². The Morgan fingerprint density at radius 1 is 0.567 bits per heavy atom. The summed E-state index contributed by atoms with van der Waals surface area (Å²) >= 11 is 0. The first-order chi connectivity index (χ1) is 14.4. The van der Waals surface area contributed by atoms with Crippen molar-refractivity contribution in [3.8, 4) is 5.75 Å². The molecular formula is C25H30N4O. The van der Waals surface area contributed by atoms with Gasteiger partial charge in [-0.2, -0.15) is 0 Å². The van der Waals surface area contributed by atoms with Crippen molar-refractivity contribution in [1.29, 1.82) is 0 Å². The van der Waals surface area contributed by atoms with Crippen LogP contribution in [-0.2, 0) is 0 Å². The molecule has 0 saturated heterocycles. The Bertz CT molecular complexity index is 1010. The van der Waals surface area contributed by atoms with Crippen molar-refractivity contribution < 1.29 is 4.74 Å². The predicted molar refractivity (Wildman–Crippen MR) is 130 cm³/mol. The van der Waals surface area contributed by atoms with Gasteiger partial charge in [0.1, 0.15) is 5.75 Å². The summed E-state index contributed by atoms with van der Waals surface area (Å²) in [4.78, 5) is 0. The minimum atomic E-state index is 0.147. The number of nitrogens with two attached hydrogens (primary N) is 4. The molecule has 4 aromatic rings. The topological polar surface area (TPSA) is 113 Å². The molecule has 0 heterocycles. The molecule has 0 aliphatic heterocycles. The van der Waals surface area contributed by atoms with Gasteiger partial charge in [0.15, 0.2) is 0 Å². The fourth-order valence-electron chi connectivity index (χ4n) is 2.58. The van der Waals surface area contributed by atoms with E-state index >= 15 is 0 Å². The second-order valence-corrected chi connectivity index (χ2v) is 6.94. The molecule has 4 rings (SSSR count). The fraction of sp³-hybridized carbons (Fsp3) is 0.120. The molecule has 5 heteroatoms. The Morgan fingerprint density at radius 2 is 1.07 bits per heavy atom. The third kappa shape index (κ3) is 7.28. The first kappa shape index (κ1) is 22.4. The van der Waals surface area contributed by atoms with Gasteiger partial charge in [0.25, 0.3) is 0 Å². The highest BCUT2D eigenvalue weighted by molar-refractivity contribution is 5.95. The molecule has 30 heavy (non-hydrogen) atoms. The molecule has 0 atom stereocenters. The van der Waals surface area contributed by atoms with E-state index in [-0.39, 0.29) is 6.10 Å². The van der Waals surface area contributed by atoms with E-state index in [1.165, 1.54) is 0 Å². The quantitative estimate of drug-likeness (QED) is 0.338. The molecule has 0 bridgehead atoms. The number of hydrogen-bond acceptors (Lipinski definition) is 5. The standard InChI is InChI=1S/C13H15NO.C6H8N2.C6H7N/c1-9(2)15-12-8-7-10-5-3-4-6-11(10)13(12)14;7-5-1-2-6(8)4-3-5;7-6-4-2-1-3-5-6/h3-9H,14H2,1-2H3;1-4H,7-8H2;1-5H,7H2. The number of hydrogen-bond donors (Lipinski definition) is 4. The molecule has 0 unspecified atom stereocenters. The SMILES string of the molecule is CC(C)Oc1ccc2ccccc2c1N.Nc1ccc(N)cc1.Nc1ccccc1. The van der Waals surface area contributed by atoms with Crippen molar-refractivity contribution in [2.24, 2.45) is 0 Å². The van der Waals surface area contributed by atoms with Crippen LogP contribution in [0.15, 0.2) is 91.0 Å². The highest BCUT2D eigenvalue weighted by Gasteiger charge is 2.06. The second kappa shape index (κ2) is 11.2. The van der Waals surface area contributed by atoms with Gasteiger partial charge in [-0.1, -0.05) is 48.5 Å². The second-order valence-electron chi connectivity index (χ2n) is 6.94. The number of rotatable bonds is 2. The monoisotopic (exact) mass is 402 g/mol. The summed E-state index contributed by atoms with van der Waals surface area (Å²) in [5.74, 6) is 0.767. The zero-order chi connectivity index (χ0) is 21.9. The summed E-state index contributed by atoms with van der Waals surface area (Å²) < 4.78 is 5.63. The predicted octanol–water partition coefficient (Wildman–Crippen LogP) is 5.33. The molecule has 5 nitrogen and oxygen atoms in total. The molecule has 0 aliphatic rings. The van der Waals surface area contributed by atoms with Gasteiger partial charge in [-0.15, -0.1) is 0 Å². The summed E-state index contributed by atoms with van der Waals surface area (Å²) in [5.41, 5.74) is 25.2. The molecule has 0 spiro atoms. The minimum absolute atomic E-state index is 0.147. The third-order valence-corrected chi connectivity index (χ3v) is 4.03. The van der Waals surface area contributed by atoms with E-state index < -0.39 is 0 Å². The van der Waals surface area contributed by atoms with Crippen LogP contribution in [0.1, 0.15) is 13.8 Å². The number of benzene rings is 4. The van der Waals surface area contributed by atoms with Gasteiger partial charge in [-0.25, -0.2) is 0 Å². The van der Waals surface area contributed by atoms with Crippen molar-refractivity contribution in [2.75, 3.05) is 22.9 Å². The van der Waals surface area contributed by atoms with Crippen molar-refractivity contribution in [3.63, 3.8) is 0 Å². The van der Waals surface area contributed by atoms with E-state index in [9.17, 15) is 0 Å². The molecule has 0 aromatic heterocycles. The zero-order valence-electron chi connectivity index (χ0n) is 17.5. The summed E-state index contributed by atoms with van der Waals surface area (Å²) in [5, 5.41) is 2.20. The highest BCUT2D eigenvalue weighted by atomic mass is 16.5. The van der Waals surface area contributed by atoms with Crippen LogP contribution < -0.4 is 27.7 Å². The Hall–Kier alpha value is -3.86. The average molecular weight is 403 g/mol. The normalized spacial score (nSPS) is 9.83. The number of fused-ring (bicyclic) bond motifs is 1.